The molecule has 0 aliphatic heterocycles. The molecule has 1 N–H and O–H groups in total. The van der Waals surface area contributed by atoms with E-state index in [-0.39, 0.29) is 0 Å². The Labute approximate surface area is 116 Å². The zero-order valence-corrected chi connectivity index (χ0v) is 12.4. The Morgan fingerprint density at radius 3 is 2.89 bits per heavy atom. The van der Waals surface area contributed by atoms with Gasteiger partial charge in [0.25, 0.3) is 0 Å². The van der Waals surface area contributed by atoms with Crippen LogP contribution in [0.15, 0.2) is 22.8 Å². The first-order valence-corrected chi connectivity index (χ1v) is 7.40. The maximum Gasteiger partial charge on any atom is 0.129 e. The largest absolute Gasteiger partial charge is 0.467 e. The monoisotopic (exact) mass is 265 g/mol. The highest BCUT2D eigenvalue weighted by atomic mass is 16.5. The standard InChI is InChI=1S/C16H27NO2/c1-13-10-16(2,3)11-15(13)17-7-5-8-18-12-14-6-4-9-19-14/h4,6,9,13,15,17H,5,7-8,10-12H2,1-3H3. The van der Waals surface area contributed by atoms with Crippen LogP contribution in [-0.4, -0.2) is 19.2 Å². The molecule has 1 aliphatic carbocycles. The molecule has 1 saturated carbocycles. The van der Waals surface area contributed by atoms with Crippen LogP contribution in [0.5, 0.6) is 0 Å². The lowest BCUT2D eigenvalue weighted by atomic mass is 9.91. The number of nitrogens with one attached hydrogen (secondary N) is 1. The molecule has 1 fully saturated rings. The third-order valence-corrected chi connectivity index (χ3v) is 4.03. The van der Waals surface area contributed by atoms with Crippen molar-refractivity contribution in [1.29, 1.82) is 0 Å². The average molecular weight is 265 g/mol. The molecule has 0 amide bonds. The summed E-state index contributed by atoms with van der Waals surface area (Å²) in [6, 6.07) is 4.52. The fraction of sp³-hybridized carbons (Fsp3) is 0.750. The first-order chi connectivity index (χ1) is 9.07. The molecule has 19 heavy (non-hydrogen) atoms. The van der Waals surface area contributed by atoms with Crippen molar-refractivity contribution in [3.8, 4) is 0 Å². The second-order valence-electron chi connectivity index (χ2n) is 6.60. The Kier molecular flexibility index (Phi) is 5.06. The summed E-state index contributed by atoms with van der Waals surface area (Å²) in [5, 5.41) is 3.68. The van der Waals surface area contributed by atoms with Crippen LogP contribution < -0.4 is 5.32 Å². The molecular weight excluding hydrogens is 238 g/mol. The Morgan fingerprint density at radius 2 is 2.26 bits per heavy atom. The molecule has 3 heteroatoms. The van der Waals surface area contributed by atoms with Gasteiger partial charge in [0.2, 0.25) is 0 Å². The summed E-state index contributed by atoms with van der Waals surface area (Å²) in [4.78, 5) is 0. The number of hydrogen-bond donors (Lipinski definition) is 1. The number of furan rings is 1. The van der Waals surface area contributed by atoms with Gasteiger partial charge in [0.1, 0.15) is 12.4 Å². The van der Waals surface area contributed by atoms with Gasteiger partial charge in [-0.1, -0.05) is 20.8 Å². The van der Waals surface area contributed by atoms with E-state index < -0.39 is 0 Å². The average Bonchev–Trinajstić information content (AvgIpc) is 2.91. The second-order valence-corrected chi connectivity index (χ2v) is 6.60. The normalized spacial score (nSPS) is 25.8. The van der Waals surface area contributed by atoms with Crippen molar-refractivity contribution in [3.63, 3.8) is 0 Å². The fourth-order valence-electron chi connectivity index (χ4n) is 3.20. The van der Waals surface area contributed by atoms with Crippen LogP contribution in [0.25, 0.3) is 0 Å². The van der Waals surface area contributed by atoms with Crippen molar-refractivity contribution in [2.24, 2.45) is 11.3 Å². The van der Waals surface area contributed by atoms with Crippen LogP contribution in [0.2, 0.25) is 0 Å². The lowest BCUT2D eigenvalue weighted by Crippen LogP contribution is -2.32. The van der Waals surface area contributed by atoms with E-state index in [1.165, 1.54) is 12.8 Å². The maximum absolute atomic E-state index is 5.58. The van der Waals surface area contributed by atoms with Crippen LogP contribution in [0.3, 0.4) is 0 Å². The van der Waals surface area contributed by atoms with Gasteiger partial charge in [-0.2, -0.15) is 0 Å². The minimum Gasteiger partial charge on any atom is -0.467 e. The van der Waals surface area contributed by atoms with E-state index in [0.717, 1.165) is 31.3 Å². The third kappa shape index (κ3) is 4.66. The van der Waals surface area contributed by atoms with E-state index in [4.69, 9.17) is 9.15 Å². The molecule has 0 aromatic carbocycles. The highest BCUT2D eigenvalue weighted by Crippen LogP contribution is 2.40. The van der Waals surface area contributed by atoms with Gasteiger partial charge >= 0.3 is 0 Å². The smallest absolute Gasteiger partial charge is 0.129 e. The van der Waals surface area contributed by atoms with Gasteiger partial charge in [0.05, 0.1) is 6.26 Å². The highest BCUT2D eigenvalue weighted by molar-refractivity contribution is 4.96. The van der Waals surface area contributed by atoms with Gasteiger partial charge in [-0.05, 0) is 49.3 Å². The molecule has 3 nitrogen and oxygen atoms in total. The van der Waals surface area contributed by atoms with Gasteiger partial charge in [-0.15, -0.1) is 0 Å². The molecule has 1 aromatic heterocycles. The van der Waals surface area contributed by atoms with E-state index >= 15 is 0 Å². The van der Waals surface area contributed by atoms with Crippen LogP contribution in [0.1, 0.15) is 45.8 Å². The summed E-state index contributed by atoms with van der Waals surface area (Å²) in [7, 11) is 0. The van der Waals surface area contributed by atoms with Crippen LogP contribution >= 0.6 is 0 Å². The van der Waals surface area contributed by atoms with E-state index in [1.54, 1.807) is 6.26 Å². The Morgan fingerprint density at radius 1 is 1.42 bits per heavy atom. The molecule has 1 aromatic rings. The van der Waals surface area contributed by atoms with E-state index in [1.807, 2.05) is 12.1 Å². The van der Waals surface area contributed by atoms with Gasteiger partial charge < -0.3 is 14.5 Å². The minimum absolute atomic E-state index is 0.507. The van der Waals surface area contributed by atoms with Gasteiger partial charge in [0, 0.05) is 12.6 Å². The van der Waals surface area contributed by atoms with Crippen molar-refractivity contribution >= 4 is 0 Å². The lowest BCUT2D eigenvalue weighted by molar-refractivity contribution is 0.103. The molecule has 1 heterocycles. The molecule has 108 valence electrons. The number of ether oxygens (including phenoxy) is 1. The Bertz CT molecular complexity index is 359. The predicted octanol–water partition coefficient (Wildman–Crippen LogP) is 3.60. The molecule has 1 aliphatic rings. The summed E-state index contributed by atoms with van der Waals surface area (Å²) in [5.41, 5.74) is 0.507. The second kappa shape index (κ2) is 6.58. The zero-order chi connectivity index (χ0) is 13.7. The van der Waals surface area contributed by atoms with Gasteiger partial charge in [-0.25, -0.2) is 0 Å². The first-order valence-electron chi connectivity index (χ1n) is 7.40. The van der Waals surface area contributed by atoms with Crippen molar-refractivity contribution in [2.45, 2.75) is 52.7 Å². The quantitative estimate of drug-likeness (QED) is 0.765. The Hall–Kier alpha value is -0.800. The van der Waals surface area contributed by atoms with Crippen molar-refractivity contribution in [2.75, 3.05) is 13.2 Å². The highest BCUT2D eigenvalue weighted by Gasteiger charge is 2.35. The summed E-state index contributed by atoms with van der Waals surface area (Å²) in [5.74, 6) is 1.69. The Balaban J connectivity index is 1.52. The molecule has 2 unspecified atom stereocenters. The third-order valence-electron chi connectivity index (χ3n) is 4.03. The molecule has 0 radical (unpaired) electrons. The molecule has 0 saturated heterocycles. The van der Waals surface area contributed by atoms with Gasteiger partial charge in [-0.3, -0.25) is 0 Å². The van der Waals surface area contributed by atoms with E-state index in [0.29, 0.717) is 18.1 Å². The zero-order valence-electron chi connectivity index (χ0n) is 12.4. The summed E-state index contributed by atoms with van der Waals surface area (Å²) in [6.45, 7) is 9.52. The summed E-state index contributed by atoms with van der Waals surface area (Å²) < 4.78 is 10.8. The predicted molar refractivity (Wildman–Crippen MR) is 77.0 cm³/mol. The number of rotatable bonds is 7. The lowest BCUT2D eigenvalue weighted by Gasteiger charge is -2.18. The number of hydrogen-bond acceptors (Lipinski definition) is 3. The maximum atomic E-state index is 5.58. The molecule has 2 rings (SSSR count). The first kappa shape index (κ1) is 14.6. The minimum atomic E-state index is 0.507. The van der Waals surface area contributed by atoms with Crippen molar-refractivity contribution < 1.29 is 9.15 Å². The van der Waals surface area contributed by atoms with Crippen molar-refractivity contribution in [3.05, 3.63) is 24.2 Å². The summed E-state index contributed by atoms with van der Waals surface area (Å²) in [6.07, 6.45) is 5.37. The van der Waals surface area contributed by atoms with Crippen LogP contribution in [-0.2, 0) is 11.3 Å². The molecule has 2 atom stereocenters. The fourth-order valence-corrected chi connectivity index (χ4v) is 3.20. The summed E-state index contributed by atoms with van der Waals surface area (Å²) >= 11 is 0. The molecule has 0 spiro atoms. The van der Waals surface area contributed by atoms with E-state index in [2.05, 4.69) is 26.1 Å². The molecule has 0 bridgehead atoms. The van der Waals surface area contributed by atoms with Crippen LogP contribution in [0.4, 0.5) is 0 Å². The van der Waals surface area contributed by atoms with Crippen LogP contribution in [0, 0.1) is 11.3 Å². The van der Waals surface area contributed by atoms with E-state index in [9.17, 15) is 0 Å². The SMILES string of the molecule is CC1CC(C)(C)CC1NCCCOCc1ccco1. The molecular formula is C16H27NO2. The topological polar surface area (TPSA) is 34.4 Å². The van der Waals surface area contributed by atoms with Crippen molar-refractivity contribution in [1.82, 2.24) is 5.32 Å². The van der Waals surface area contributed by atoms with Gasteiger partial charge in [0.15, 0.2) is 0 Å².